The smallest absolute Gasteiger partial charge is 0.258 e. The summed E-state index contributed by atoms with van der Waals surface area (Å²) in [5.74, 6) is -1.40. The second-order valence-electron chi connectivity index (χ2n) is 10.5. The van der Waals surface area contributed by atoms with Gasteiger partial charge in [0, 0.05) is 26.5 Å². The average Bonchev–Trinajstić information content (AvgIpc) is 3.10. The van der Waals surface area contributed by atoms with E-state index in [0.717, 1.165) is 20.8 Å². The molecule has 0 aromatic heterocycles. The summed E-state index contributed by atoms with van der Waals surface area (Å²) in [7, 11) is 1.57. The molecule has 1 aliphatic heterocycles. The first-order chi connectivity index (χ1) is 20.6. The summed E-state index contributed by atoms with van der Waals surface area (Å²) >= 11 is 9.97. The number of hydrogen-bond acceptors (Lipinski definition) is 4. The van der Waals surface area contributed by atoms with E-state index in [9.17, 15) is 18.8 Å². The first-order valence-electron chi connectivity index (χ1n) is 13.8. The summed E-state index contributed by atoms with van der Waals surface area (Å²) in [4.78, 5) is 44.4. The molecule has 3 amide bonds. The van der Waals surface area contributed by atoms with Gasteiger partial charge in [0.1, 0.15) is 17.6 Å². The Hall–Kier alpha value is -3.66. The standard InChI is InChI=1S/C33H30BrClFN3O4.ClH/c1-4-19(2)31(40)37-27-18-39(32(41)20-5-10-24(36)11-6-20)29-16-23(35)9-13-28(29)38(33(27)42)17-26-25-12-8-22(34)15-21(25)7-14-30(26)43-3;/h5-16,19,27H,4,17-18H2,1-3H3,(H,37,40);1H/t19-,27+;/m1./s1. The van der Waals surface area contributed by atoms with Crippen LogP contribution in [0.2, 0.25) is 5.02 Å². The van der Waals surface area contributed by atoms with Crippen molar-refractivity contribution in [2.24, 2.45) is 5.92 Å². The number of halogens is 4. The van der Waals surface area contributed by atoms with Gasteiger partial charge in [-0.05, 0) is 77.9 Å². The van der Waals surface area contributed by atoms with Crippen LogP contribution in [0.5, 0.6) is 5.75 Å². The molecule has 4 aromatic rings. The van der Waals surface area contributed by atoms with Gasteiger partial charge < -0.3 is 19.9 Å². The Balaban J connectivity index is 0.00000442. The molecule has 0 saturated carbocycles. The molecule has 0 spiro atoms. The zero-order valence-electron chi connectivity index (χ0n) is 24.3. The quantitative estimate of drug-likeness (QED) is 0.216. The fourth-order valence-electron chi connectivity index (χ4n) is 5.17. The normalized spacial score (nSPS) is 15.2. The van der Waals surface area contributed by atoms with Crippen LogP contribution in [0.3, 0.4) is 0 Å². The van der Waals surface area contributed by atoms with E-state index in [-0.39, 0.29) is 42.9 Å². The minimum absolute atomic E-state index is 0. The van der Waals surface area contributed by atoms with Gasteiger partial charge in [0.25, 0.3) is 11.8 Å². The lowest BCUT2D eigenvalue weighted by Crippen LogP contribution is -2.53. The van der Waals surface area contributed by atoms with E-state index in [1.165, 1.54) is 29.2 Å². The number of hydrogen-bond donors (Lipinski definition) is 1. The van der Waals surface area contributed by atoms with Crippen molar-refractivity contribution in [2.45, 2.75) is 32.9 Å². The van der Waals surface area contributed by atoms with E-state index >= 15 is 0 Å². The maximum atomic E-state index is 14.4. The first kappa shape index (κ1) is 33.2. The summed E-state index contributed by atoms with van der Waals surface area (Å²) in [5, 5.41) is 5.07. The molecule has 0 bridgehead atoms. The molecule has 0 unspecified atom stereocenters. The minimum atomic E-state index is -1.08. The van der Waals surface area contributed by atoms with Crippen molar-refractivity contribution in [3.05, 3.63) is 99.2 Å². The molecule has 2 atom stereocenters. The van der Waals surface area contributed by atoms with E-state index in [1.807, 2.05) is 37.3 Å². The van der Waals surface area contributed by atoms with Crippen molar-refractivity contribution < 1.29 is 23.5 Å². The number of rotatable bonds is 7. The molecule has 0 radical (unpaired) electrons. The number of anilines is 2. The van der Waals surface area contributed by atoms with Crippen LogP contribution in [-0.4, -0.2) is 37.4 Å². The lowest BCUT2D eigenvalue weighted by atomic mass is 10.0. The number of nitrogens with zero attached hydrogens (tertiary/aromatic N) is 2. The number of ether oxygens (including phenoxy) is 1. The zero-order valence-corrected chi connectivity index (χ0v) is 27.4. The molecule has 1 N–H and O–H groups in total. The molecule has 0 fully saturated rings. The van der Waals surface area contributed by atoms with Gasteiger partial charge in [0.05, 0.1) is 31.6 Å². The van der Waals surface area contributed by atoms with E-state index in [2.05, 4.69) is 21.2 Å². The molecular formula is C33H31BrCl2FN3O4. The first-order valence-corrected chi connectivity index (χ1v) is 15.0. The largest absolute Gasteiger partial charge is 0.496 e. The molecule has 7 nitrogen and oxygen atoms in total. The predicted molar refractivity (Wildman–Crippen MR) is 178 cm³/mol. The highest BCUT2D eigenvalue weighted by Gasteiger charge is 2.38. The number of amides is 3. The topological polar surface area (TPSA) is 79.0 Å². The van der Waals surface area contributed by atoms with E-state index in [0.29, 0.717) is 28.6 Å². The highest BCUT2D eigenvalue weighted by atomic mass is 79.9. The second-order valence-corrected chi connectivity index (χ2v) is 11.8. The third kappa shape index (κ3) is 6.70. The number of carbonyl (C=O) groups is 3. The summed E-state index contributed by atoms with van der Waals surface area (Å²) in [6, 6.07) is 18.7. The Morgan fingerprint density at radius 3 is 2.48 bits per heavy atom. The van der Waals surface area contributed by atoms with Crippen molar-refractivity contribution in [1.29, 1.82) is 0 Å². The molecule has 4 aromatic carbocycles. The van der Waals surface area contributed by atoms with Gasteiger partial charge in [-0.1, -0.05) is 53.5 Å². The van der Waals surface area contributed by atoms with Crippen LogP contribution in [0.25, 0.3) is 10.8 Å². The number of nitrogens with one attached hydrogen (secondary N) is 1. The number of benzene rings is 4. The van der Waals surface area contributed by atoms with Gasteiger partial charge in [-0.3, -0.25) is 14.4 Å². The molecule has 230 valence electrons. The van der Waals surface area contributed by atoms with Crippen LogP contribution in [0.15, 0.2) is 77.3 Å². The van der Waals surface area contributed by atoms with Crippen LogP contribution < -0.4 is 19.9 Å². The number of methoxy groups -OCH3 is 1. The van der Waals surface area contributed by atoms with Crippen molar-refractivity contribution in [1.82, 2.24) is 5.32 Å². The van der Waals surface area contributed by atoms with Gasteiger partial charge in [-0.25, -0.2) is 4.39 Å². The fraction of sp³-hybridized carbons (Fsp3) is 0.242. The van der Waals surface area contributed by atoms with Gasteiger partial charge >= 0.3 is 0 Å². The summed E-state index contributed by atoms with van der Waals surface area (Å²) in [6.45, 7) is 3.60. The van der Waals surface area contributed by atoms with Gasteiger partial charge in [-0.2, -0.15) is 0 Å². The van der Waals surface area contributed by atoms with Crippen LogP contribution >= 0.6 is 39.9 Å². The van der Waals surface area contributed by atoms with Gasteiger partial charge in [0.15, 0.2) is 0 Å². The molecule has 0 aliphatic carbocycles. The van der Waals surface area contributed by atoms with E-state index in [1.54, 1.807) is 37.1 Å². The molecule has 11 heteroatoms. The lowest BCUT2D eigenvalue weighted by Gasteiger charge is -2.27. The third-order valence-corrected chi connectivity index (χ3v) is 8.48. The second kappa shape index (κ2) is 14.0. The van der Waals surface area contributed by atoms with Crippen LogP contribution in [-0.2, 0) is 16.1 Å². The summed E-state index contributed by atoms with van der Waals surface area (Å²) in [5.41, 5.74) is 1.80. The Morgan fingerprint density at radius 2 is 1.80 bits per heavy atom. The van der Waals surface area contributed by atoms with Crippen LogP contribution in [0, 0.1) is 11.7 Å². The molecule has 5 rings (SSSR count). The molecule has 0 saturated heterocycles. The zero-order chi connectivity index (χ0) is 30.8. The maximum absolute atomic E-state index is 14.4. The Morgan fingerprint density at radius 1 is 1.07 bits per heavy atom. The molecule has 1 heterocycles. The monoisotopic (exact) mass is 701 g/mol. The fourth-order valence-corrected chi connectivity index (χ4v) is 5.72. The van der Waals surface area contributed by atoms with Crippen molar-refractivity contribution in [3.8, 4) is 5.75 Å². The molecular weight excluding hydrogens is 672 g/mol. The van der Waals surface area contributed by atoms with Crippen molar-refractivity contribution in [3.63, 3.8) is 0 Å². The highest BCUT2D eigenvalue weighted by Crippen LogP contribution is 2.39. The maximum Gasteiger partial charge on any atom is 0.258 e. The van der Waals surface area contributed by atoms with Crippen LogP contribution in [0.4, 0.5) is 15.8 Å². The predicted octanol–water partition coefficient (Wildman–Crippen LogP) is 7.55. The lowest BCUT2D eigenvalue weighted by molar-refractivity contribution is -0.129. The Bertz CT molecular complexity index is 1720. The molecule has 1 aliphatic rings. The highest BCUT2D eigenvalue weighted by molar-refractivity contribution is 9.10. The van der Waals surface area contributed by atoms with E-state index in [4.69, 9.17) is 16.3 Å². The SMILES string of the molecule is CC[C@@H](C)C(=O)N[C@H]1CN(C(=O)c2ccc(F)cc2)c2cc(Cl)ccc2N(Cc2c(OC)ccc3cc(Br)ccc23)C1=O.Cl. The average molecular weight is 703 g/mol. The van der Waals surface area contributed by atoms with Crippen LogP contribution in [0.1, 0.15) is 36.2 Å². The third-order valence-electron chi connectivity index (χ3n) is 7.75. The van der Waals surface area contributed by atoms with Gasteiger partial charge in [0.2, 0.25) is 5.91 Å². The van der Waals surface area contributed by atoms with Gasteiger partial charge in [-0.15, -0.1) is 12.4 Å². The minimum Gasteiger partial charge on any atom is -0.496 e. The summed E-state index contributed by atoms with van der Waals surface area (Å²) < 4.78 is 20.3. The Kier molecular flexibility index (Phi) is 10.6. The summed E-state index contributed by atoms with van der Waals surface area (Å²) in [6.07, 6.45) is 0.577. The number of carbonyl (C=O) groups excluding carboxylic acids is 3. The van der Waals surface area contributed by atoms with Crippen molar-refractivity contribution in [2.75, 3.05) is 23.5 Å². The van der Waals surface area contributed by atoms with E-state index < -0.39 is 23.7 Å². The molecule has 44 heavy (non-hydrogen) atoms. The number of fused-ring (bicyclic) bond motifs is 2. The Labute approximate surface area is 274 Å². The van der Waals surface area contributed by atoms with Crippen molar-refractivity contribution >= 4 is 79.8 Å².